The number of hydrogen-bond donors (Lipinski definition) is 1. The van der Waals surface area contributed by atoms with Crippen molar-refractivity contribution in [3.63, 3.8) is 0 Å². The Kier molecular flexibility index (Phi) is 5.22. The monoisotopic (exact) mass is 268 g/mol. The van der Waals surface area contributed by atoms with Gasteiger partial charge in [0.05, 0.1) is 6.10 Å². The Morgan fingerprint density at radius 1 is 1.32 bits per heavy atom. The number of hydrogen-bond acceptors (Lipinski definition) is 4. The summed E-state index contributed by atoms with van der Waals surface area (Å²) < 4.78 is 5.26. The lowest BCUT2D eigenvalue weighted by Gasteiger charge is -2.35. The van der Waals surface area contributed by atoms with Gasteiger partial charge in [-0.25, -0.2) is 0 Å². The molecule has 2 atom stereocenters. The molecule has 1 saturated carbocycles. The van der Waals surface area contributed by atoms with E-state index in [-0.39, 0.29) is 18.1 Å². The van der Waals surface area contributed by atoms with Crippen LogP contribution in [-0.4, -0.2) is 48.7 Å². The Hall–Kier alpha value is -0.610. The van der Waals surface area contributed by atoms with E-state index in [2.05, 4.69) is 17.3 Å². The highest BCUT2D eigenvalue weighted by atomic mass is 16.5. The molecule has 19 heavy (non-hydrogen) atoms. The highest BCUT2D eigenvalue weighted by molar-refractivity contribution is 5.76. The highest BCUT2D eigenvalue weighted by Gasteiger charge is 2.31. The second kappa shape index (κ2) is 6.71. The number of nitrogens with zero attached hydrogens (tertiary/aromatic N) is 1. The van der Waals surface area contributed by atoms with Crippen LogP contribution in [0.2, 0.25) is 0 Å². The number of ether oxygens (including phenoxy) is 1. The van der Waals surface area contributed by atoms with Crippen LogP contribution in [0.4, 0.5) is 0 Å². The molecule has 2 unspecified atom stereocenters. The standard InChI is InChI=1S/C15H28N2O2/c1-11(2)19-15(18)14-8-7-12(16-14)9-10-17(3)13-5-4-6-13/h11-14,16H,4-10H2,1-3H3. The number of nitrogens with one attached hydrogen (secondary N) is 1. The normalized spacial score (nSPS) is 27.8. The van der Waals surface area contributed by atoms with Crippen LogP contribution in [0.3, 0.4) is 0 Å². The van der Waals surface area contributed by atoms with Gasteiger partial charge in [0.25, 0.3) is 0 Å². The highest BCUT2D eigenvalue weighted by Crippen LogP contribution is 2.24. The Balaban J connectivity index is 1.65. The molecule has 0 bridgehead atoms. The third-order valence-electron chi connectivity index (χ3n) is 4.41. The summed E-state index contributed by atoms with van der Waals surface area (Å²) in [5.74, 6) is -0.0788. The Labute approximate surface area is 116 Å². The van der Waals surface area contributed by atoms with Crippen LogP contribution in [0.1, 0.15) is 52.4 Å². The number of carbonyl (C=O) groups excluding carboxylic acids is 1. The first-order valence-corrected chi connectivity index (χ1v) is 7.73. The molecule has 0 spiro atoms. The van der Waals surface area contributed by atoms with Crippen molar-refractivity contribution in [1.29, 1.82) is 0 Å². The van der Waals surface area contributed by atoms with Gasteiger partial charge in [0.2, 0.25) is 0 Å². The zero-order valence-corrected chi connectivity index (χ0v) is 12.5. The van der Waals surface area contributed by atoms with E-state index in [4.69, 9.17) is 4.74 Å². The van der Waals surface area contributed by atoms with Crippen molar-refractivity contribution in [2.24, 2.45) is 0 Å². The van der Waals surface area contributed by atoms with Gasteiger partial charge >= 0.3 is 5.97 Å². The van der Waals surface area contributed by atoms with Crippen molar-refractivity contribution in [2.75, 3.05) is 13.6 Å². The van der Waals surface area contributed by atoms with Crippen LogP contribution >= 0.6 is 0 Å². The topological polar surface area (TPSA) is 41.6 Å². The molecule has 0 radical (unpaired) electrons. The maximum atomic E-state index is 11.8. The smallest absolute Gasteiger partial charge is 0.323 e. The first-order valence-electron chi connectivity index (χ1n) is 7.73. The van der Waals surface area contributed by atoms with Gasteiger partial charge in [0, 0.05) is 12.1 Å². The number of rotatable bonds is 6. The van der Waals surface area contributed by atoms with Crippen LogP contribution < -0.4 is 5.32 Å². The van der Waals surface area contributed by atoms with Gasteiger partial charge in [0.1, 0.15) is 6.04 Å². The van der Waals surface area contributed by atoms with Crippen LogP contribution in [0.5, 0.6) is 0 Å². The van der Waals surface area contributed by atoms with E-state index in [1.54, 1.807) is 0 Å². The average Bonchev–Trinajstić information content (AvgIpc) is 2.71. The zero-order chi connectivity index (χ0) is 13.8. The SMILES string of the molecule is CC(C)OC(=O)C1CCC(CCN(C)C2CCC2)N1. The summed E-state index contributed by atoms with van der Waals surface area (Å²) in [6, 6.07) is 1.21. The van der Waals surface area contributed by atoms with Gasteiger partial charge in [-0.2, -0.15) is 0 Å². The summed E-state index contributed by atoms with van der Waals surface area (Å²) >= 11 is 0. The minimum absolute atomic E-state index is 0.0156. The summed E-state index contributed by atoms with van der Waals surface area (Å²) in [4.78, 5) is 14.3. The molecule has 1 aliphatic heterocycles. The Bertz CT molecular complexity index is 303. The summed E-state index contributed by atoms with van der Waals surface area (Å²) in [6.07, 6.45) is 7.24. The van der Waals surface area contributed by atoms with Gasteiger partial charge in [-0.3, -0.25) is 4.79 Å². The molecule has 1 aliphatic carbocycles. The third-order valence-corrected chi connectivity index (χ3v) is 4.41. The molecule has 1 N–H and O–H groups in total. The minimum Gasteiger partial charge on any atom is -0.462 e. The van der Waals surface area contributed by atoms with Gasteiger partial charge < -0.3 is 15.0 Å². The fraction of sp³-hybridized carbons (Fsp3) is 0.933. The molecule has 2 rings (SSSR count). The quantitative estimate of drug-likeness (QED) is 0.748. The van der Waals surface area contributed by atoms with Crippen LogP contribution in [-0.2, 0) is 9.53 Å². The van der Waals surface area contributed by atoms with E-state index in [9.17, 15) is 4.79 Å². The second-order valence-electron chi connectivity index (χ2n) is 6.33. The Morgan fingerprint density at radius 2 is 2.05 bits per heavy atom. The maximum absolute atomic E-state index is 11.8. The molecule has 0 aromatic rings. The molecule has 0 aromatic heterocycles. The number of carbonyl (C=O) groups is 1. The van der Waals surface area contributed by atoms with Crippen LogP contribution in [0.15, 0.2) is 0 Å². The van der Waals surface area contributed by atoms with E-state index in [0.29, 0.717) is 6.04 Å². The van der Waals surface area contributed by atoms with E-state index in [0.717, 1.165) is 31.8 Å². The maximum Gasteiger partial charge on any atom is 0.323 e. The van der Waals surface area contributed by atoms with E-state index >= 15 is 0 Å². The van der Waals surface area contributed by atoms with E-state index in [1.165, 1.54) is 19.3 Å². The van der Waals surface area contributed by atoms with Crippen molar-refractivity contribution in [1.82, 2.24) is 10.2 Å². The molecule has 2 aliphatic rings. The van der Waals surface area contributed by atoms with Crippen molar-refractivity contribution in [3.8, 4) is 0 Å². The second-order valence-corrected chi connectivity index (χ2v) is 6.33. The van der Waals surface area contributed by atoms with Gasteiger partial charge in [0.15, 0.2) is 0 Å². The molecule has 2 fully saturated rings. The number of esters is 1. The molecular weight excluding hydrogens is 240 g/mol. The summed E-state index contributed by atoms with van der Waals surface area (Å²) in [5, 5.41) is 3.43. The fourth-order valence-electron chi connectivity index (χ4n) is 2.92. The summed E-state index contributed by atoms with van der Waals surface area (Å²) in [6.45, 7) is 4.93. The third kappa shape index (κ3) is 4.18. The zero-order valence-electron chi connectivity index (χ0n) is 12.5. The van der Waals surface area contributed by atoms with Gasteiger partial charge in [-0.15, -0.1) is 0 Å². The summed E-state index contributed by atoms with van der Waals surface area (Å²) in [7, 11) is 2.23. The van der Waals surface area contributed by atoms with Crippen molar-refractivity contribution in [2.45, 2.75) is 76.6 Å². The largest absolute Gasteiger partial charge is 0.462 e. The molecule has 0 aromatic carbocycles. The first kappa shape index (κ1) is 14.8. The first-order chi connectivity index (χ1) is 9.06. The Morgan fingerprint density at radius 3 is 2.63 bits per heavy atom. The van der Waals surface area contributed by atoms with Crippen molar-refractivity contribution >= 4 is 5.97 Å². The van der Waals surface area contributed by atoms with Crippen LogP contribution in [0, 0.1) is 0 Å². The molecule has 4 nitrogen and oxygen atoms in total. The molecule has 110 valence electrons. The van der Waals surface area contributed by atoms with Gasteiger partial charge in [-0.1, -0.05) is 6.42 Å². The molecule has 0 amide bonds. The van der Waals surface area contributed by atoms with Crippen molar-refractivity contribution in [3.05, 3.63) is 0 Å². The van der Waals surface area contributed by atoms with Crippen molar-refractivity contribution < 1.29 is 9.53 Å². The van der Waals surface area contributed by atoms with E-state index < -0.39 is 0 Å². The lowest BCUT2D eigenvalue weighted by Crippen LogP contribution is -2.41. The molecule has 1 saturated heterocycles. The lowest BCUT2D eigenvalue weighted by atomic mass is 9.91. The fourth-order valence-corrected chi connectivity index (χ4v) is 2.92. The molecule has 4 heteroatoms. The van der Waals surface area contributed by atoms with Crippen LogP contribution in [0.25, 0.3) is 0 Å². The van der Waals surface area contributed by atoms with E-state index in [1.807, 2.05) is 13.8 Å². The predicted molar refractivity (Wildman–Crippen MR) is 76.1 cm³/mol. The minimum atomic E-state index is -0.0820. The predicted octanol–water partition coefficient (Wildman–Crippen LogP) is 1.93. The average molecular weight is 268 g/mol. The molecule has 1 heterocycles. The lowest BCUT2D eigenvalue weighted by molar-refractivity contribution is -0.149. The van der Waals surface area contributed by atoms with Gasteiger partial charge in [-0.05, 0) is 59.5 Å². The molecular formula is C15H28N2O2. The summed E-state index contributed by atoms with van der Waals surface area (Å²) in [5.41, 5.74) is 0.